The monoisotopic (exact) mass is 377 g/mol. The van der Waals surface area contributed by atoms with Gasteiger partial charge < -0.3 is 16.2 Å². The van der Waals surface area contributed by atoms with Gasteiger partial charge in [0.1, 0.15) is 11.4 Å². The van der Waals surface area contributed by atoms with Crippen molar-refractivity contribution >= 4 is 5.84 Å². The third kappa shape index (κ3) is 3.42. The maximum absolute atomic E-state index is 13.0. The number of nitrogen functional groups attached to an aromatic ring is 1. The summed E-state index contributed by atoms with van der Waals surface area (Å²) >= 11 is 0. The molecule has 0 aliphatic heterocycles. The van der Waals surface area contributed by atoms with Crippen molar-refractivity contribution in [3.8, 4) is 5.88 Å². The van der Waals surface area contributed by atoms with E-state index < -0.39 is 23.0 Å². The number of unbranched alkanes of at least 4 members (excludes halogenated alkanes) is 1. The average molecular weight is 377 g/mol. The van der Waals surface area contributed by atoms with E-state index in [1.54, 1.807) is 0 Å². The van der Waals surface area contributed by atoms with Crippen LogP contribution in [-0.2, 0) is 6.54 Å². The number of amidine groups is 1. The van der Waals surface area contributed by atoms with Gasteiger partial charge in [0.15, 0.2) is 0 Å². The first kappa shape index (κ1) is 19.7. The summed E-state index contributed by atoms with van der Waals surface area (Å²) in [6.45, 7) is 2.30. The van der Waals surface area contributed by atoms with Crippen LogP contribution in [0.15, 0.2) is 9.59 Å². The molecule has 0 amide bonds. The maximum Gasteiger partial charge on any atom is 0.334 e. The summed E-state index contributed by atoms with van der Waals surface area (Å²) in [6, 6.07) is 0.379. The summed E-state index contributed by atoms with van der Waals surface area (Å²) in [5.74, 6) is -0.982. The molecule has 2 aliphatic rings. The van der Waals surface area contributed by atoms with E-state index in [0.29, 0.717) is 24.4 Å². The van der Waals surface area contributed by atoms with Crippen molar-refractivity contribution < 1.29 is 5.11 Å². The summed E-state index contributed by atoms with van der Waals surface area (Å²) in [6.07, 6.45) is 7.37. The van der Waals surface area contributed by atoms with Crippen LogP contribution in [0.4, 0.5) is 0 Å². The Hall–Kier alpha value is -2.09. The van der Waals surface area contributed by atoms with E-state index in [1.807, 2.05) is 14.0 Å². The highest BCUT2D eigenvalue weighted by Gasteiger charge is 2.46. The average Bonchev–Trinajstić information content (AvgIpc) is 2.60. The zero-order valence-electron chi connectivity index (χ0n) is 16.3. The Labute approximate surface area is 158 Å². The molecule has 0 radical (unpaired) electrons. The fourth-order valence-electron chi connectivity index (χ4n) is 4.81. The van der Waals surface area contributed by atoms with E-state index in [9.17, 15) is 14.7 Å². The lowest BCUT2D eigenvalue weighted by molar-refractivity contribution is 0.0256. The fourth-order valence-corrected chi connectivity index (χ4v) is 4.81. The van der Waals surface area contributed by atoms with Gasteiger partial charge in [0.25, 0.3) is 5.56 Å². The molecular formula is C19H31N5O3. The van der Waals surface area contributed by atoms with Crippen LogP contribution in [0.3, 0.4) is 0 Å². The molecule has 2 saturated carbocycles. The number of hydrogen-bond acceptors (Lipinski definition) is 5. The number of nitrogens with two attached hydrogens (primary N) is 1. The molecule has 1 spiro atoms. The number of nitrogens with zero attached hydrogens (tertiary/aromatic N) is 2. The largest absolute Gasteiger partial charge is 0.494 e. The molecule has 8 nitrogen and oxygen atoms in total. The number of hydrogen-bond donors (Lipinski definition) is 4. The summed E-state index contributed by atoms with van der Waals surface area (Å²) < 4.78 is 2.44. The molecule has 0 atom stereocenters. The third-order valence-corrected chi connectivity index (χ3v) is 6.50. The number of nitrogens with one attached hydrogen (secondary N) is 2. The topological polar surface area (TPSA) is 126 Å². The van der Waals surface area contributed by atoms with Gasteiger partial charge in [-0.25, -0.2) is 4.79 Å². The van der Waals surface area contributed by atoms with Crippen molar-refractivity contribution in [3.63, 3.8) is 0 Å². The summed E-state index contributed by atoms with van der Waals surface area (Å²) in [4.78, 5) is 25.9. The zero-order valence-corrected chi connectivity index (χ0v) is 16.3. The minimum Gasteiger partial charge on any atom is -0.494 e. The van der Waals surface area contributed by atoms with Gasteiger partial charge in [-0.1, -0.05) is 13.3 Å². The molecular weight excluding hydrogens is 346 g/mol. The standard InChI is InChI=1S/C19H31N5O3/c1-3-4-9-23-16(25)14(15(20)21)17(26)24(18(23)27)13-5-7-19(8-6-13)10-12(11-19)22-2/h12-13,22,25H,3-11H2,1-2H3,(H3,20,21). The lowest BCUT2D eigenvalue weighted by Crippen LogP contribution is -2.51. The molecule has 0 bridgehead atoms. The van der Waals surface area contributed by atoms with Crippen LogP contribution < -0.4 is 22.3 Å². The van der Waals surface area contributed by atoms with E-state index >= 15 is 0 Å². The van der Waals surface area contributed by atoms with Gasteiger partial charge in [0, 0.05) is 18.6 Å². The molecule has 8 heteroatoms. The van der Waals surface area contributed by atoms with Crippen molar-refractivity contribution in [3.05, 3.63) is 26.4 Å². The molecule has 3 rings (SSSR count). The van der Waals surface area contributed by atoms with Gasteiger partial charge >= 0.3 is 5.69 Å². The van der Waals surface area contributed by atoms with Gasteiger partial charge in [-0.15, -0.1) is 0 Å². The van der Waals surface area contributed by atoms with E-state index in [1.165, 1.54) is 9.13 Å². The van der Waals surface area contributed by atoms with Gasteiger partial charge in [0.05, 0.1) is 0 Å². The second-order valence-corrected chi connectivity index (χ2v) is 8.20. The molecule has 0 saturated heterocycles. The molecule has 1 aromatic rings. The minimum absolute atomic E-state index is 0.198. The van der Waals surface area contributed by atoms with Crippen LogP contribution in [0.5, 0.6) is 5.88 Å². The Morgan fingerprint density at radius 2 is 1.96 bits per heavy atom. The predicted molar refractivity (Wildman–Crippen MR) is 105 cm³/mol. The van der Waals surface area contributed by atoms with Crippen molar-refractivity contribution in [1.29, 1.82) is 5.41 Å². The van der Waals surface area contributed by atoms with Gasteiger partial charge in [-0.3, -0.25) is 19.3 Å². The minimum atomic E-state index is -0.639. The first-order valence-electron chi connectivity index (χ1n) is 9.93. The quantitative estimate of drug-likeness (QED) is 0.439. The Balaban J connectivity index is 1.93. The van der Waals surface area contributed by atoms with Gasteiger partial charge in [-0.2, -0.15) is 0 Å². The molecule has 0 aromatic carbocycles. The van der Waals surface area contributed by atoms with Crippen LogP contribution in [0.2, 0.25) is 0 Å². The molecule has 150 valence electrons. The Bertz CT molecular complexity index is 825. The number of aromatic nitrogens is 2. The van der Waals surface area contributed by atoms with E-state index in [2.05, 4.69) is 5.32 Å². The van der Waals surface area contributed by atoms with Gasteiger partial charge in [0.2, 0.25) is 5.88 Å². The first-order chi connectivity index (χ1) is 12.8. The number of rotatable bonds is 6. The fraction of sp³-hybridized carbons (Fsp3) is 0.737. The number of aromatic hydroxyl groups is 1. The Morgan fingerprint density at radius 3 is 2.48 bits per heavy atom. The van der Waals surface area contributed by atoms with Crippen LogP contribution in [0.1, 0.15) is 69.9 Å². The zero-order chi connectivity index (χ0) is 19.8. The summed E-state index contributed by atoms with van der Waals surface area (Å²) in [7, 11) is 1.99. The molecule has 2 fully saturated rings. The second-order valence-electron chi connectivity index (χ2n) is 8.20. The van der Waals surface area contributed by atoms with E-state index in [0.717, 1.165) is 44.9 Å². The Kier molecular flexibility index (Phi) is 5.46. The maximum atomic E-state index is 13.0. The van der Waals surface area contributed by atoms with Gasteiger partial charge in [-0.05, 0) is 57.4 Å². The van der Waals surface area contributed by atoms with E-state index in [4.69, 9.17) is 11.1 Å². The molecule has 2 aliphatic carbocycles. The molecule has 27 heavy (non-hydrogen) atoms. The van der Waals surface area contributed by atoms with E-state index in [-0.39, 0.29) is 11.6 Å². The Morgan fingerprint density at radius 1 is 1.33 bits per heavy atom. The summed E-state index contributed by atoms with van der Waals surface area (Å²) in [5, 5.41) is 21.4. The second kappa shape index (κ2) is 7.50. The molecule has 1 heterocycles. The van der Waals surface area contributed by atoms with Crippen LogP contribution in [-0.4, -0.2) is 33.2 Å². The summed E-state index contributed by atoms with van der Waals surface area (Å²) in [5.41, 5.74) is 4.51. The van der Waals surface area contributed by atoms with Crippen LogP contribution in [0, 0.1) is 10.8 Å². The van der Waals surface area contributed by atoms with Crippen molar-refractivity contribution in [2.75, 3.05) is 7.05 Å². The van der Waals surface area contributed by atoms with Crippen molar-refractivity contribution in [2.45, 2.75) is 76.9 Å². The smallest absolute Gasteiger partial charge is 0.334 e. The first-order valence-corrected chi connectivity index (χ1v) is 9.93. The highest BCUT2D eigenvalue weighted by molar-refractivity contribution is 5.96. The third-order valence-electron chi connectivity index (χ3n) is 6.50. The lowest BCUT2D eigenvalue weighted by atomic mass is 9.58. The normalized spacial score (nSPS) is 27.5. The highest BCUT2D eigenvalue weighted by atomic mass is 16.3. The molecule has 1 aromatic heterocycles. The lowest BCUT2D eigenvalue weighted by Gasteiger charge is -2.51. The molecule has 0 unspecified atom stereocenters. The highest BCUT2D eigenvalue weighted by Crippen LogP contribution is 2.53. The van der Waals surface area contributed by atoms with Crippen LogP contribution >= 0.6 is 0 Å². The van der Waals surface area contributed by atoms with Crippen LogP contribution in [0.25, 0.3) is 0 Å². The molecule has 5 N–H and O–H groups in total. The van der Waals surface area contributed by atoms with Crippen molar-refractivity contribution in [2.24, 2.45) is 11.1 Å². The SMILES string of the molecule is CCCCn1c(O)c(C(=N)N)c(=O)n(C2CCC3(CC2)CC(NC)C3)c1=O. The predicted octanol–water partition coefficient (Wildman–Crippen LogP) is 1.28. The van der Waals surface area contributed by atoms with Crippen molar-refractivity contribution in [1.82, 2.24) is 14.5 Å².